The van der Waals surface area contributed by atoms with Crippen molar-refractivity contribution in [2.45, 2.75) is 47.1 Å². The molecule has 1 unspecified atom stereocenters. The van der Waals surface area contributed by atoms with Gasteiger partial charge in [-0.2, -0.15) is 5.10 Å². The van der Waals surface area contributed by atoms with E-state index in [4.69, 9.17) is 5.73 Å². The maximum absolute atomic E-state index is 5.64. The maximum Gasteiger partial charge on any atom is 0.243 e. The van der Waals surface area contributed by atoms with E-state index in [1.807, 2.05) is 13.8 Å². The molecule has 96 valence electrons. The van der Waals surface area contributed by atoms with E-state index in [9.17, 15) is 0 Å². The van der Waals surface area contributed by atoms with Crippen molar-refractivity contribution in [2.24, 2.45) is 11.1 Å². The molecule has 0 bridgehead atoms. The third-order valence-electron chi connectivity index (χ3n) is 2.90. The molecule has 3 N–H and O–H groups in total. The average molecular weight is 237 g/mol. The minimum atomic E-state index is 0.113. The second kappa shape index (κ2) is 5.40. The maximum atomic E-state index is 5.64. The van der Waals surface area contributed by atoms with Crippen LogP contribution in [0.2, 0.25) is 0 Å². The minimum absolute atomic E-state index is 0.113. The van der Waals surface area contributed by atoms with Crippen LogP contribution >= 0.6 is 0 Å². The van der Waals surface area contributed by atoms with Crippen LogP contribution < -0.4 is 11.1 Å². The van der Waals surface area contributed by atoms with Crippen molar-refractivity contribution in [1.29, 1.82) is 0 Å². The smallest absolute Gasteiger partial charge is 0.243 e. The molecule has 1 heterocycles. The number of hydrogen-bond acceptors (Lipinski definition) is 5. The summed E-state index contributed by atoms with van der Waals surface area (Å²) in [5.41, 5.74) is 7.52. The van der Waals surface area contributed by atoms with Crippen molar-refractivity contribution in [2.75, 3.05) is 11.9 Å². The highest BCUT2D eigenvalue weighted by atomic mass is 15.2. The molecular formula is C12H23N5. The molecular weight excluding hydrogens is 214 g/mol. The first-order chi connectivity index (χ1) is 7.84. The van der Waals surface area contributed by atoms with E-state index in [0.29, 0.717) is 12.5 Å². The second-order valence-corrected chi connectivity index (χ2v) is 5.45. The molecule has 0 spiro atoms. The molecule has 5 heteroatoms. The van der Waals surface area contributed by atoms with E-state index in [-0.39, 0.29) is 11.5 Å². The predicted molar refractivity (Wildman–Crippen MR) is 69.8 cm³/mol. The molecule has 0 amide bonds. The fraction of sp³-hybridized carbons (Fsp3) is 0.750. The minimum Gasteiger partial charge on any atom is -0.350 e. The second-order valence-electron chi connectivity index (χ2n) is 5.45. The first kappa shape index (κ1) is 13.8. The van der Waals surface area contributed by atoms with E-state index in [1.54, 1.807) is 0 Å². The van der Waals surface area contributed by atoms with Gasteiger partial charge in [-0.1, -0.05) is 20.8 Å². The molecule has 0 saturated carbocycles. The molecule has 1 atom stereocenters. The Hall–Kier alpha value is -1.23. The van der Waals surface area contributed by atoms with Gasteiger partial charge in [0.25, 0.3) is 0 Å². The molecule has 1 rings (SSSR count). The summed E-state index contributed by atoms with van der Waals surface area (Å²) in [5.74, 6) is 0.585. The van der Waals surface area contributed by atoms with E-state index >= 15 is 0 Å². The standard InChI is InChI=1S/C12H23N5/c1-8-9(2)16-17-11(14-8)15-10(6-7-13)12(3,4)5/h10H,6-7,13H2,1-5H3,(H,14,15,17). The lowest BCUT2D eigenvalue weighted by molar-refractivity contribution is 0.327. The summed E-state index contributed by atoms with van der Waals surface area (Å²) in [6.45, 7) is 11.0. The first-order valence-electron chi connectivity index (χ1n) is 5.99. The molecule has 0 fully saturated rings. The Labute approximate surface area is 103 Å². The number of nitrogens with two attached hydrogens (primary N) is 1. The van der Waals surface area contributed by atoms with Crippen molar-refractivity contribution in [3.05, 3.63) is 11.4 Å². The number of rotatable bonds is 4. The van der Waals surface area contributed by atoms with E-state index in [0.717, 1.165) is 17.8 Å². The SMILES string of the molecule is Cc1nnc(NC(CCN)C(C)(C)C)nc1C. The molecule has 0 radical (unpaired) electrons. The van der Waals surface area contributed by atoms with Gasteiger partial charge in [0.2, 0.25) is 5.95 Å². The number of nitrogens with zero attached hydrogens (tertiary/aromatic N) is 3. The Bertz CT molecular complexity index is 370. The van der Waals surface area contributed by atoms with E-state index in [1.165, 1.54) is 0 Å². The summed E-state index contributed by atoms with van der Waals surface area (Å²) in [6.07, 6.45) is 0.889. The van der Waals surface area contributed by atoms with Gasteiger partial charge in [0.05, 0.1) is 11.4 Å². The Morgan fingerprint density at radius 3 is 2.29 bits per heavy atom. The normalized spacial score (nSPS) is 13.5. The third-order valence-corrected chi connectivity index (χ3v) is 2.90. The number of aromatic nitrogens is 3. The average Bonchev–Trinajstić information content (AvgIpc) is 2.21. The number of nitrogens with one attached hydrogen (secondary N) is 1. The molecule has 1 aromatic rings. The monoisotopic (exact) mass is 237 g/mol. The van der Waals surface area contributed by atoms with Crippen molar-refractivity contribution < 1.29 is 0 Å². The molecule has 5 nitrogen and oxygen atoms in total. The van der Waals surface area contributed by atoms with Gasteiger partial charge in [0.1, 0.15) is 0 Å². The van der Waals surface area contributed by atoms with Crippen LogP contribution in [-0.4, -0.2) is 27.8 Å². The quantitative estimate of drug-likeness (QED) is 0.833. The van der Waals surface area contributed by atoms with Gasteiger partial charge in [0.15, 0.2) is 0 Å². The van der Waals surface area contributed by atoms with Gasteiger partial charge in [-0.15, -0.1) is 5.10 Å². The highest BCUT2D eigenvalue weighted by Gasteiger charge is 2.24. The van der Waals surface area contributed by atoms with Gasteiger partial charge in [-0.05, 0) is 32.2 Å². The summed E-state index contributed by atoms with van der Waals surface area (Å²) in [7, 11) is 0. The highest BCUT2D eigenvalue weighted by molar-refractivity contribution is 5.27. The first-order valence-corrected chi connectivity index (χ1v) is 5.99. The van der Waals surface area contributed by atoms with Crippen LogP contribution in [0.1, 0.15) is 38.6 Å². The fourth-order valence-corrected chi connectivity index (χ4v) is 1.56. The Morgan fingerprint density at radius 1 is 1.18 bits per heavy atom. The van der Waals surface area contributed by atoms with Crippen molar-refractivity contribution in [3.63, 3.8) is 0 Å². The lowest BCUT2D eigenvalue weighted by atomic mass is 9.85. The number of hydrogen-bond donors (Lipinski definition) is 2. The van der Waals surface area contributed by atoms with Gasteiger partial charge >= 0.3 is 0 Å². The summed E-state index contributed by atoms with van der Waals surface area (Å²) in [5, 5.41) is 11.5. The summed E-state index contributed by atoms with van der Waals surface area (Å²) < 4.78 is 0. The molecule has 0 aliphatic heterocycles. The number of aryl methyl sites for hydroxylation is 2. The van der Waals surface area contributed by atoms with Crippen molar-refractivity contribution in [1.82, 2.24) is 15.2 Å². The van der Waals surface area contributed by atoms with Crippen LogP contribution in [-0.2, 0) is 0 Å². The van der Waals surface area contributed by atoms with E-state index in [2.05, 4.69) is 41.3 Å². The van der Waals surface area contributed by atoms with Crippen LogP contribution in [0.15, 0.2) is 0 Å². The zero-order valence-electron chi connectivity index (χ0n) is 11.4. The Balaban J connectivity index is 2.82. The van der Waals surface area contributed by atoms with E-state index < -0.39 is 0 Å². The van der Waals surface area contributed by atoms with Crippen LogP contribution in [0.4, 0.5) is 5.95 Å². The zero-order valence-corrected chi connectivity index (χ0v) is 11.4. The van der Waals surface area contributed by atoms with Gasteiger partial charge in [0, 0.05) is 6.04 Å². The fourth-order valence-electron chi connectivity index (χ4n) is 1.56. The largest absolute Gasteiger partial charge is 0.350 e. The zero-order chi connectivity index (χ0) is 13.1. The van der Waals surface area contributed by atoms with Crippen molar-refractivity contribution in [3.8, 4) is 0 Å². The summed E-state index contributed by atoms with van der Waals surface area (Å²) in [6, 6.07) is 0.247. The summed E-state index contributed by atoms with van der Waals surface area (Å²) in [4.78, 5) is 4.38. The Kier molecular flexibility index (Phi) is 4.40. The van der Waals surface area contributed by atoms with Crippen LogP contribution in [0.25, 0.3) is 0 Å². The van der Waals surface area contributed by atoms with Crippen molar-refractivity contribution >= 4 is 5.95 Å². The lowest BCUT2D eigenvalue weighted by Gasteiger charge is -2.31. The van der Waals surface area contributed by atoms with Gasteiger partial charge in [-0.3, -0.25) is 0 Å². The summed E-state index contributed by atoms with van der Waals surface area (Å²) >= 11 is 0. The highest BCUT2D eigenvalue weighted by Crippen LogP contribution is 2.24. The molecule has 1 aromatic heterocycles. The van der Waals surface area contributed by atoms with Crippen LogP contribution in [0, 0.1) is 19.3 Å². The lowest BCUT2D eigenvalue weighted by Crippen LogP contribution is -2.36. The Morgan fingerprint density at radius 2 is 1.82 bits per heavy atom. The molecule has 0 aliphatic rings. The number of anilines is 1. The predicted octanol–water partition coefficient (Wildman–Crippen LogP) is 1.66. The molecule has 0 aliphatic carbocycles. The molecule has 17 heavy (non-hydrogen) atoms. The molecule has 0 saturated heterocycles. The van der Waals surface area contributed by atoms with Gasteiger partial charge < -0.3 is 11.1 Å². The van der Waals surface area contributed by atoms with Crippen LogP contribution in [0.3, 0.4) is 0 Å². The molecule has 0 aromatic carbocycles. The van der Waals surface area contributed by atoms with Crippen LogP contribution in [0.5, 0.6) is 0 Å². The van der Waals surface area contributed by atoms with Gasteiger partial charge in [-0.25, -0.2) is 4.98 Å². The topological polar surface area (TPSA) is 76.7 Å². The third kappa shape index (κ3) is 3.93.